The van der Waals surface area contributed by atoms with E-state index >= 15 is 0 Å². The maximum Gasteiger partial charge on any atom is 0.266 e. The number of benzene rings is 2. The number of amides is 1. The highest BCUT2D eigenvalue weighted by Crippen LogP contribution is 2.45. The maximum atomic E-state index is 15.0. The van der Waals surface area contributed by atoms with Crippen LogP contribution in [0.25, 0.3) is 0 Å². The molecule has 34 heavy (non-hydrogen) atoms. The second kappa shape index (κ2) is 10.1. The van der Waals surface area contributed by atoms with E-state index in [0.29, 0.717) is 18.8 Å². The predicted octanol–water partition coefficient (Wildman–Crippen LogP) is 4.07. The van der Waals surface area contributed by atoms with E-state index in [1.807, 2.05) is 0 Å². The molecule has 2 aromatic rings. The second-order valence-electron chi connectivity index (χ2n) is 9.71. The second-order valence-corrected chi connectivity index (χ2v) is 10.9. The van der Waals surface area contributed by atoms with Gasteiger partial charge in [0.1, 0.15) is 17.7 Å². The number of hydrogen-bond acceptors (Lipinski definition) is 4. The third kappa shape index (κ3) is 5.50. The highest BCUT2D eigenvalue weighted by Gasteiger charge is 2.32. The van der Waals surface area contributed by atoms with Gasteiger partial charge in [0.2, 0.25) is 0 Å². The number of hydrogen-bond donors (Lipinski definition) is 1. The van der Waals surface area contributed by atoms with E-state index in [9.17, 15) is 13.4 Å². The van der Waals surface area contributed by atoms with Gasteiger partial charge in [-0.05, 0) is 68.7 Å². The van der Waals surface area contributed by atoms with E-state index in [-0.39, 0.29) is 17.6 Å². The lowest BCUT2D eigenvalue weighted by Gasteiger charge is -2.33. The number of halogens is 1. The van der Waals surface area contributed by atoms with E-state index in [0.717, 1.165) is 57.3 Å². The fourth-order valence-corrected chi connectivity index (χ4v) is 5.58. The molecule has 0 spiro atoms. The zero-order valence-corrected chi connectivity index (χ0v) is 20.4. The molecule has 2 aliphatic heterocycles. The van der Waals surface area contributed by atoms with Crippen LogP contribution >= 0.6 is 0 Å². The number of piperidine rings is 1. The fraction of sp³-hybridized carbons (Fsp3) is 0.500. The van der Waals surface area contributed by atoms with E-state index in [1.165, 1.54) is 17.2 Å². The quantitative estimate of drug-likeness (QED) is 0.612. The lowest BCUT2D eigenvalue weighted by atomic mass is 10.0. The molecule has 2 saturated heterocycles. The van der Waals surface area contributed by atoms with Crippen molar-refractivity contribution >= 4 is 17.1 Å². The molecule has 1 aliphatic carbocycles. The summed E-state index contributed by atoms with van der Waals surface area (Å²) in [6.07, 6.45) is 4.90. The average Bonchev–Trinajstić information content (AvgIpc) is 3.60. The molecule has 3 fully saturated rings. The number of aryl methyl sites for hydroxylation is 1. The van der Waals surface area contributed by atoms with E-state index in [2.05, 4.69) is 40.8 Å². The topological polar surface area (TPSA) is 61.9 Å². The van der Waals surface area contributed by atoms with Gasteiger partial charge in [0.15, 0.2) is 11.2 Å². The van der Waals surface area contributed by atoms with Gasteiger partial charge in [0, 0.05) is 32.2 Å². The molecular formula is C26H32FN3O3S. The molecule has 1 saturated carbocycles. The van der Waals surface area contributed by atoms with Crippen LogP contribution in [0.4, 0.5) is 4.39 Å². The van der Waals surface area contributed by atoms with Gasteiger partial charge in [-0.25, -0.2) is 12.9 Å². The van der Waals surface area contributed by atoms with Crippen molar-refractivity contribution in [1.82, 2.24) is 13.9 Å². The van der Waals surface area contributed by atoms with Gasteiger partial charge in [0.25, 0.3) is 5.91 Å². The Kier molecular flexibility index (Phi) is 6.99. The summed E-state index contributed by atoms with van der Waals surface area (Å²) < 4.78 is 37.7. The fourth-order valence-electron chi connectivity index (χ4n) is 4.60. The summed E-state index contributed by atoms with van der Waals surface area (Å²) in [5.74, 6) is -0.444. The molecular weight excluding hydrogens is 453 g/mol. The van der Waals surface area contributed by atoms with E-state index in [4.69, 9.17) is 4.74 Å². The Morgan fingerprint density at radius 2 is 1.88 bits per heavy atom. The predicted molar refractivity (Wildman–Crippen MR) is 130 cm³/mol. The van der Waals surface area contributed by atoms with Crippen LogP contribution in [0.3, 0.4) is 0 Å². The molecule has 5 rings (SSSR count). The van der Waals surface area contributed by atoms with Crippen LogP contribution in [0.15, 0.2) is 36.4 Å². The first-order valence-electron chi connectivity index (χ1n) is 12.2. The SMILES string of the molecule is Cc1ccc(CN2CCCC(Oc3cc(F)c(C(=O)NS(=O)N4CCC4)cc3C3CC3)C2)cc1. The number of nitrogens with zero attached hydrogens (tertiary/aromatic N) is 2. The standard InChI is InChI=1S/C26H32FN3O3S/c1-18-5-7-19(8-6-18)16-29-11-2-4-21(17-29)33-25-15-24(27)23(14-22(25)20-9-10-20)26(31)28-34(32)30-12-3-13-30/h5-8,14-15,20-21H,2-4,9-13,16-17H2,1H3,(H,28,31). The van der Waals surface area contributed by atoms with Crippen molar-refractivity contribution in [3.63, 3.8) is 0 Å². The maximum absolute atomic E-state index is 15.0. The Bertz CT molecular complexity index is 1070. The van der Waals surface area contributed by atoms with Gasteiger partial charge in [-0.3, -0.25) is 14.4 Å². The van der Waals surface area contributed by atoms with E-state index < -0.39 is 22.9 Å². The molecule has 2 heterocycles. The first-order valence-corrected chi connectivity index (χ1v) is 13.3. The van der Waals surface area contributed by atoms with Gasteiger partial charge in [-0.1, -0.05) is 29.8 Å². The van der Waals surface area contributed by atoms with Gasteiger partial charge in [-0.15, -0.1) is 0 Å². The van der Waals surface area contributed by atoms with Gasteiger partial charge in [-0.2, -0.15) is 0 Å². The molecule has 8 heteroatoms. The first-order chi connectivity index (χ1) is 16.5. The van der Waals surface area contributed by atoms with E-state index in [1.54, 1.807) is 10.4 Å². The molecule has 2 atom stereocenters. The zero-order chi connectivity index (χ0) is 23.7. The van der Waals surface area contributed by atoms with Crippen molar-refractivity contribution in [2.75, 3.05) is 26.2 Å². The molecule has 6 nitrogen and oxygen atoms in total. The summed E-state index contributed by atoms with van der Waals surface area (Å²) in [7, 11) is 0. The van der Waals surface area contributed by atoms with Crippen molar-refractivity contribution < 1.29 is 18.1 Å². The van der Waals surface area contributed by atoms with Crippen molar-refractivity contribution in [3.8, 4) is 5.75 Å². The van der Waals surface area contributed by atoms with Crippen LogP contribution in [0, 0.1) is 12.7 Å². The Labute approximate surface area is 203 Å². The number of likely N-dealkylation sites (tertiary alicyclic amines) is 1. The Hall–Kier alpha value is -2.29. The lowest BCUT2D eigenvalue weighted by molar-refractivity contribution is 0.0832. The van der Waals surface area contributed by atoms with Crippen LogP contribution < -0.4 is 9.46 Å². The van der Waals surface area contributed by atoms with Crippen LogP contribution in [-0.4, -0.2) is 51.6 Å². The summed E-state index contributed by atoms with van der Waals surface area (Å²) in [5.41, 5.74) is 3.36. The summed E-state index contributed by atoms with van der Waals surface area (Å²) in [6.45, 7) is 6.13. The Balaban J connectivity index is 1.27. The molecule has 3 aliphatic rings. The number of ether oxygens (including phenoxy) is 1. The number of nitrogens with one attached hydrogen (secondary N) is 1. The number of carbonyl (C=O) groups excluding carboxylic acids is 1. The monoisotopic (exact) mass is 485 g/mol. The van der Waals surface area contributed by atoms with Crippen molar-refractivity contribution in [2.45, 2.75) is 57.6 Å². The number of rotatable bonds is 8. The van der Waals surface area contributed by atoms with Gasteiger partial charge >= 0.3 is 0 Å². The van der Waals surface area contributed by atoms with Gasteiger partial charge in [0.05, 0.1) is 5.56 Å². The van der Waals surface area contributed by atoms with Crippen LogP contribution in [0.5, 0.6) is 5.75 Å². The lowest BCUT2D eigenvalue weighted by Crippen LogP contribution is -2.45. The van der Waals surface area contributed by atoms with Crippen molar-refractivity contribution in [2.24, 2.45) is 0 Å². The van der Waals surface area contributed by atoms with Crippen LogP contribution in [0.2, 0.25) is 0 Å². The minimum atomic E-state index is -1.62. The molecule has 0 radical (unpaired) electrons. The first kappa shape index (κ1) is 23.5. The Morgan fingerprint density at radius 1 is 1.12 bits per heavy atom. The molecule has 0 bridgehead atoms. The summed E-state index contributed by atoms with van der Waals surface area (Å²) in [5, 5.41) is 0. The smallest absolute Gasteiger partial charge is 0.266 e. The third-order valence-corrected chi connectivity index (χ3v) is 8.07. The molecule has 1 N–H and O–H groups in total. The molecule has 2 aromatic carbocycles. The largest absolute Gasteiger partial charge is 0.489 e. The molecule has 182 valence electrons. The molecule has 1 amide bonds. The van der Waals surface area contributed by atoms with Crippen molar-refractivity contribution in [3.05, 3.63) is 64.5 Å². The number of carbonyl (C=O) groups is 1. The zero-order valence-electron chi connectivity index (χ0n) is 19.6. The highest BCUT2D eigenvalue weighted by molar-refractivity contribution is 7.81. The third-order valence-electron chi connectivity index (χ3n) is 6.87. The minimum Gasteiger partial charge on any atom is -0.489 e. The summed E-state index contributed by atoms with van der Waals surface area (Å²) in [4.78, 5) is 15.0. The van der Waals surface area contributed by atoms with Crippen LogP contribution in [-0.2, 0) is 17.7 Å². The summed E-state index contributed by atoms with van der Waals surface area (Å²) in [6, 6.07) is 11.6. The normalized spacial score (nSPS) is 22.1. The average molecular weight is 486 g/mol. The minimum absolute atomic E-state index is 0.0188. The van der Waals surface area contributed by atoms with Crippen molar-refractivity contribution in [1.29, 1.82) is 0 Å². The summed E-state index contributed by atoms with van der Waals surface area (Å²) >= 11 is -1.62. The molecule has 0 aromatic heterocycles. The highest BCUT2D eigenvalue weighted by atomic mass is 32.2. The Morgan fingerprint density at radius 3 is 2.56 bits per heavy atom. The molecule has 2 unspecified atom stereocenters. The van der Waals surface area contributed by atoms with Gasteiger partial charge < -0.3 is 4.74 Å². The van der Waals surface area contributed by atoms with Crippen LogP contribution in [0.1, 0.15) is 65.1 Å².